The molecule has 1 saturated heterocycles. The third-order valence-electron chi connectivity index (χ3n) is 3.97. The highest BCUT2D eigenvalue weighted by Gasteiger charge is 2.27. The van der Waals surface area contributed by atoms with Crippen LogP contribution in [0.15, 0.2) is 30.3 Å². The summed E-state index contributed by atoms with van der Waals surface area (Å²) in [5.74, 6) is 0.791. The molecule has 0 aliphatic carbocycles. The Hall–Kier alpha value is -2.74. The SMILES string of the molecule is Cc1nc(N2CCOCC2)nc(N(C)c2ccccc2)c1[N+](=O)[O-]. The summed E-state index contributed by atoms with van der Waals surface area (Å²) in [6.45, 7) is 4.19. The minimum atomic E-state index is -0.423. The fourth-order valence-electron chi connectivity index (χ4n) is 2.66. The molecule has 8 heteroatoms. The average molecular weight is 329 g/mol. The first kappa shape index (κ1) is 16.1. The summed E-state index contributed by atoms with van der Waals surface area (Å²) in [5, 5.41) is 11.5. The molecule has 126 valence electrons. The molecule has 1 aliphatic heterocycles. The van der Waals surface area contributed by atoms with Gasteiger partial charge < -0.3 is 14.5 Å². The smallest absolute Gasteiger partial charge is 0.333 e. The van der Waals surface area contributed by atoms with Gasteiger partial charge in [-0.2, -0.15) is 4.98 Å². The first-order valence-electron chi connectivity index (χ1n) is 7.72. The van der Waals surface area contributed by atoms with Gasteiger partial charge in [0.1, 0.15) is 5.69 Å². The van der Waals surface area contributed by atoms with Crippen molar-refractivity contribution in [2.75, 3.05) is 43.2 Å². The minimum Gasteiger partial charge on any atom is -0.378 e. The summed E-state index contributed by atoms with van der Waals surface area (Å²) in [5.41, 5.74) is 1.11. The molecule has 0 unspecified atom stereocenters. The average Bonchev–Trinajstić information content (AvgIpc) is 2.61. The molecule has 24 heavy (non-hydrogen) atoms. The van der Waals surface area contributed by atoms with Crippen molar-refractivity contribution >= 4 is 23.1 Å². The molecule has 3 rings (SSSR count). The van der Waals surface area contributed by atoms with Crippen LogP contribution in [0.3, 0.4) is 0 Å². The van der Waals surface area contributed by atoms with E-state index in [1.165, 1.54) is 0 Å². The summed E-state index contributed by atoms with van der Waals surface area (Å²) < 4.78 is 5.34. The van der Waals surface area contributed by atoms with Crippen LogP contribution >= 0.6 is 0 Å². The van der Waals surface area contributed by atoms with Crippen molar-refractivity contribution in [3.8, 4) is 0 Å². The third-order valence-corrected chi connectivity index (χ3v) is 3.97. The lowest BCUT2D eigenvalue weighted by Crippen LogP contribution is -2.37. The Morgan fingerprint density at radius 1 is 1.21 bits per heavy atom. The van der Waals surface area contributed by atoms with Crippen molar-refractivity contribution < 1.29 is 9.66 Å². The quantitative estimate of drug-likeness (QED) is 0.628. The zero-order valence-corrected chi connectivity index (χ0v) is 13.7. The second-order valence-electron chi connectivity index (χ2n) is 5.53. The topological polar surface area (TPSA) is 84.6 Å². The first-order valence-corrected chi connectivity index (χ1v) is 7.72. The molecule has 0 saturated carbocycles. The fourth-order valence-corrected chi connectivity index (χ4v) is 2.66. The summed E-state index contributed by atoms with van der Waals surface area (Å²) in [4.78, 5) is 23.7. The molecule has 0 spiro atoms. The summed E-state index contributed by atoms with van der Waals surface area (Å²) in [6, 6.07) is 9.44. The normalized spacial score (nSPS) is 14.5. The van der Waals surface area contributed by atoms with Crippen LogP contribution in [0.25, 0.3) is 0 Å². The Morgan fingerprint density at radius 2 is 1.88 bits per heavy atom. The lowest BCUT2D eigenvalue weighted by Gasteiger charge is -2.28. The monoisotopic (exact) mass is 329 g/mol. The van der Waals surface area contributed by atoms with Crippen LogP contribution in [0.5, 0.6) is 0 Å². The molecule has 0 amide bonds. The molecule has 1 aromatic heterocycles. The minimum absolute atomic E-state index is 0.0710. The molecular weight excluding hydrogens is 310 g/mol. The number of morpholine rings is 1. The van der Waals surface area contributed by atoms with E-state index in [0.717, 1.165) is 5.69 Å². The van der Waals surface area contributed by atoms with Gasteiger partial charge in [0.25, 0.3) is 0 Å². The molecular formula is C16H19N5O3. The molecule has 1 fully saturated rings. The van der Waals surface area contributed by atoms with Gasteiger partial charge >= 0.3 is 5.69 Å². The van der Waals surface area contributed by atoms with Gasteiger partial charge in [-0.05, 0) is 19.1 Å². The number of benzene rings is 1. The Bertz CT molecular complexity index is 732. The summed E-state index contributed by atoms with van der Waals surface area (Å²) in [7, 11) is 1.77. The third kappa shape index (κ3) is 3.13. The molecule has 1 aromatic carbocycles. The van der Waals surface area contributed by atoms with Crippen molar-refractivity contribution in [3.05, 3.63) is 46.1 Å². The zero-order chi connectivity index (χ0) is 17.1. The highest BCUT2D eigenvalue weighted by Crippen LogP contribution is 2.34. The van der Waals surface area contributed by atoms with E-state index in [0.29, 0.717) is 43.8 Å². The van der Waals surface area contributed by atoms with E-state index in [4.69, 9.17) is 4.74 Å². The number of rotatable bonds is 4. The Morgan fingerprint density at radius 3 is 2.50 bits per heavy atom. The van der Waals surface area contributed by atoms with Crippen LogP contribution in [0, 0.1) is 17.0 Å². The largest absolute Gasteiger partial charge is 0.378 e. The van der Waals surface area contributed by atoms with Gasteiger partial charge in [-0.25, -0.2) is 4.98 Å². The fraction of sp³-hybridized carbons (Fsp3) is 0.375. The molecule has 0 N–H and O–H groups in total. The highest BCUT2D eigenvalue weighted by atomic mass is 16.6. The number of ether oxygens (including phenoxy) is 1. The highest BCUT2D eigenvalue weighted by molar-refractivity contribution is 5.70. The van der Waals surface area contributed by atoms with Gasteiger partial charge in [0, 0.05) is 25.8 Å². The van der Waals surface area contributed by atoms with Crippen molar-refractivity contribution in [3.63, 3.8) is 0 Å². The van der Waals surface area contributed by atoms with E-state index in [1.807, 2.05) is 35.2 Å². The first-order chi connectivity index (χ1) is 11.6. The van der Waals surface area contributed by atoms with Gasteiger partial charge in [0.05, 0.1) is 18.1 Å². The predicted octanol–water partition coefficient (Wildman–Crippen LogP) is 2.30. The van der Waals surface area contributed by atoms with Crippen molar-refractivity contribution in [1.82, 2.24) is 9.97 Å². The Kier molecular flexibility index (Phi) is 4.57. The number of hydrogen-bond acceptors (Lipinski definition) is 7. The van der Waals surface area contributed by atoms with Gasteiger partial charge in [-0.15, -0.1) is 0 Å². The van der Waals surface area contributed by atoms with Gasteiger partial charge in [0.2, 0.25) is 11.8 Å². The predicted molar refractivity (Wildman–Crippen MR) is 91.0 cm³/mol. The lowest BCUT2D eigenvalue weighted by atomic mass is 10.2. The second-order valence-corrected chi connectivity index (χ2v) is 5.53. The number of nitrogens with zero attached hydrogens (tertiary/aromatic N) is 5. The Labute approximate surface area is 139 Å². The Balaban J connectivity index is 2.07. The van der Waals surface area contributed by atoms with Crippen LogP contribution in [0.1, 0.15) is 5.69 Å². The molecule has 2 aromatic rings. The van der Waals surface area contributed by atoms with E-state index < -0.39 is 4.92 Å². The van der Waals surface area contributed by atoms with Crippen molar-refractivity contribution in [1.29, 1.82) is 0 Å². The number of aromatic nitrogens is 2. The van der Waals surface area contributed by atoms with Crippen LogP contribution < -0.4 is 9.80 Å². The maximum absolute atomic E-state index is 11.5. The number of nitro groups is 1. The number of anilines is 3. The molecule has 0 atom stereocenters. The summed E-state index contributed by atoms with van der Waals surface area (Å²) in [6.07, 6.45) is 0. The van der Waals surface area contributed by atoms with E-state index in [9.17, 15) is 10.1 Å². The molecule has 8 nitrogen and oxygen atoms in total. The number of hydrogen-bond donors (Lipinski definition) is 0. The van der Waals surface area contributed by atoms with E-state index in [1.54, 1.807) is 18.9 Å². The van der Waals surface area contributed by atoms with Crippen LogP contribution in [-0.2, 0) is 4.74 Å². The van der Waals surface area contributed by atoms with E-state index in [2.05, 4.69) is 9.97 Å². The van der Waals surface area contributed by atoms with Crippen molar-refractivity contribution in [2.24, 2.45) is 0 Å². The van der Waals surface area contributed by atoms with Gasteiger partial charge in [-0.3, -0.25) is 10.1 Å². The van der Waals surface area contributed by atoms with E-state index >= 15 is 0 Å². The molecule has 0 bridgehead atoms. The molecule has 0 radical (unpaired) electrons. The van der Waals surface area contributed by atoms with E-state index in [-0.39, 0.29) is 5.69 Å². The lowest BCUT2D eigenvalue weighted by molar-refractivity contribution is -0.385. The van der Waals surface area contributed by atoms with Crippen LogP contribution in [0.2, 0.25) is 0 Å². The van der Waals surface area contributed by atoms with Gasteiger partial charge in [-0.1, -0.05) is 18.2 Å². The number of aryl methyl sites for hydroxylation is 1. The van der Waals surface area contributed by atoms with Gasteiger partial charge in [0.15, 0.2) is 0 Å². The zero-order valence-electron chi connectivity index (χ0n) is 13.7. The van der Waals surface area contributed by atoms with Crippen LogP contribution in [-0.4, -0.2) is 48.2 Å². The van der Waals surface area contributed by atoms with Crippen molar-refractivity contribution in [2.45, 2.75) is 6.92 Å². The summed E-state index contributed by atoms with van der Waals surface area (Å²) >= 11 is 0. The maximum Gasteiger partial charge on any atom is 0.333 e. The van der Waals surface area contributed by atoms with Crippen LogP contribution in [0.4, 0.5) is 23.1 Å². The number of para-hydroxylation sites is 1. The standard InChI is InChI=1S/C16H19N5O3/c1-12-14(21(22)23)15(19(2)13-6-4-3-5-7-13)18-16(17-12)20-8-10-24-11-9-20/h3-7H,8-11H2,1-2H3. The molecule has 1 aliphatic rings. The molecule has 2 heterocycles. The maximum atomic E-state index is 11.5. The second kappa shape index (κ2) is 6.79.